The number of carbonyl (C=O) groups excluding carboxylic acids is 2. The third-order valence-electron chi connectivity index (χ3n) is 5.83. The number of para-hydroxylation sites is 1. The van der Waals surface area contributed by atoms with Gasteiger partial charge in [0.1, 0.15) is 0 Å². The first-order valence-corrected chi connectivity index (χ1v) is 11.7. The Hall–Kier alpha value is -2.73. The number of benzene rings is 1. The van der Waals surface area contributed by atoms with Gasteiger partial charge in [0.05, 0.1) is 5.69 Å². The molecule has 2 heterocycles. The number of hydrogen-bond acceptors (Lipinski definition) is 4. The van der Waals surface area contributed by atoms with E-state index in [1.807, 2.05) is 58.5 Å². The van der Waals surface area contributed by atoms with Gasteiger partial charge in [-0.25, -0.2) is 0 Å². The van der Waals surface area contributed by atoms with Crippen LogP contribution in [0.25, 0.3) is 0 Å². The molecule has 1 aromatic heterocycles. The van der Waals surface area contributed by atoms with Gasteiger partial charge in [0.15, 0.2) is 0 Å². The van der Waals surface area contributed by atoms with Crippen molar-refractivity contribution in [3.05, 3.63) is 59.9 Å². The number of hydrogen-bond donors (Lipinski definition) is 0. The molecule has 3 rings (SSSR count). The molecule has 0 fully saturated rings. The number of nitrogens with zero attached hydrogens (tertiary/aromatic N) is 4. The minimum absolute atomic E-state index is 0.0332. The van der Waals surface area contributed by atoms with E-state index in [1.54, 1.807) is 6.92 Å². The smallest absolute Gasteiger partial charge is 0.223 e. The van der Waals surface area contributed by atoms with E-state index in [4.69, 9.17) is 0 Å². The molecule has 0 saturated carbocycles. The first-order valence-electron chi connectivity index (χ1n) is 11.7. The van der Waals surface area contributed by atoms with Crippen LogP contribution in [0.4, 0.5) is 5.69 Å². The van der Waals surface area contributed by atoms with E-state index in [-0.39, 0.29) is 11.8 Å². The van der Waals surface area contributed by atoms with Crippen LogP contribution in [0.15, 0.2) is 48.7 Å². The molecule has 2 amide bonds. The summed E-state index contributed by atoms with van der Waals surface area (Å²) < 4.78 is 0. The third kappa shape index (κ3) is 6.89. The van der Waals surface area contributed by atoms with Gasteiger partial charge in [-0.05, 0) is 42.5 Å². The fourth-order valence-electron chi connectivity index (χ4n) is 4.26. The van der Waals surface area contributed by atoms with E-state index in [0.29, 0.717) is 32.0 Å². The fraction of sp³-hybridized carbons (Fsp3) is 0.500. The molecule has 32 heavy (non-hydrogen) atoms. The number of aromatic nitrogens is 1. The van der Waals surface area contributed by atoms with Crippen LogP contribution in [0.3, 0.4) is 0 Å². The Morgan fingerprint density at radius 2 is 1.69 bits per heavy atom. The Kier molecular flexibility index (Phi) is 8.80. The van der Waals surface area contributed by atoms with E-state index >= 15 is 0 Å². The van der Waals surface area contributed by atoms with Crippen molar-refractivity contribution in [2.75, 3.05) is 31.1 Å². The zero-order valence-electron chi connectivity index (χ0n) is 19.7. The summed E-state index contributed by atoms with van der Waals surface area (Å²) in [6.45, 7) is 10.2. The third-order valence-corrected chi connectivity index (χ3v) is 5.83. The van der Waals surface area contributed by atoms with Crippen molar-refractivity contribution in [2.24, 2.45) is 5.92 Å². The molecule has 2 aromatic rings. The highest BCUT2D eigenvalue weighted by Crippen LogP contribution is 2.24. The second kappa shape index (κ2) is 11.8. The minimum atomic E-state index is 0.0332. The van der Waals surface area contributed by atoms with E-state index in [9.17, 15) is 9.59 Å². The molecule has 0 unspecified atom stereocenters. The maximum absolute atomic E-state index is 13.0. The normalized spacial score (nSPS) is 16.2. The van der Waals surface area contributed by atoms with Crippen molar-refractivity contribution in [3.63, 3.8) is 0 Å². The molecule has 0 aliphatic carbocycles. The molecule has 6 heteroatoms. The van der Waals surface area contributed by atoms with Crippen LogP contribution in [0, 0.1) is 5.92 Å². The molecular formula is C26H36N4O2. The van der Waals surface area contributed by atoms with Gasteiger partial charge < -0.3 is 9.80 Å². The topological polar surface area (TPSA) is 56.8 Å². The Morgan fingerprint density at radius 1 is 0.969 bits per heavy atom. The summed E-state index contributed by atoms with van der Waals surface area (Å²) >= 11 is 0. The molecule has 0 atom stereocenters. The van der Waals surface area contributed by atoms with Crippen LogP contribution in [-0.2, 0) is 22.7 Å². The Morgan fingerprint density at radius 3 is 2.38 bits per heavy atom. The SMILES string of the molecule is CC(=O)N1CCCN(Cc2ccccn2)CCCN(C(=O)CC(C)C)Cc2ccccc21. The van der Waals surface area contributed by atoms with Crippen LogP contribution in [-0.4, -0.2) is 52.8 Å². The first-order chi connectivity index (χ1) is 15.4. The average molecular weight is 437 g/mol. The maximum Gasteiger partial charge on any atom is 0.223 e. The maximum atomic E-state index is 13.0. The standard InChI is InChI=1S/C26H36N4O2/c1-21(2)18-26(32)29-16-8-14-28(20-24-11-6-7-13-27-24)15-9-17-30(22(3)31)25-12-5-4-10-23(25)19-29/h4-7,10-13,21H,8-9,14-20H2,1-3H3. The monoisotopic (exact) mass is 436 g/mol. The summed E-state index contributed by atoms with van der Waals surface area (Å²) in [5.41, 5.74) is 2.99. The zero-order chi connectivity index (χ0) is 22.9. The lowest BCUT2D eigenvalue weighted by Crippen LogP contribution is -2.38. The van der Waals surface area contributed by atoms with E-state index < -0.39 is 0 Å². The number of carbonyl (C=O) groups is 2. The summed E-state index contributed by atoms with van der Waals surface area (Å²) in [6, 6.07) is 14.0. The van der Waals surface area contributed by atoms with E-state index in [2.05, 4.69) is 23.7 Å². The molecule has 0 spiro atoms. The highest BCUT2D eigenvalue weighted by Gasteiger charge is 2.21. The number of anilines is 1. The number of amides is 2. The molecular weight excluding hydrogens is 400 g/mol. The Bertz CT molecular complexity index is 884. The van der Waals surface area contributed by atoms with Crippen LogP contribution < -0.4 is 4.90 Å². The van der Waals surface area contributed by atoms with Crippen molar-refractivity contribution in [1.29, 1.82) is 0 Å². The number of rotatable bonds is 4. The van der Waals surface area contributed by atoms with Gasteiger partial charge in [0, 0.05) is 64.5 Å². The van der Waals surface area contributed by atoms with Gasteiger partial charge in [-0.1, -0.05) is 38.1 Å². The van der Waals surface area contributed by atoms with Crippen molar-refractivity contribution >= 4 is 17.5 Å². The van der Waals surface area contributed by atoms with E-state index in [1.165, 1.54) is 0 Å². The molecule has 0 saturated heterocycles. The summed E-state index contributed by atoms with van der Waals surface area (Å²) in [5, 5.41) is 0. The van der Waals surface area contributed by atoms with Gasteiger partial charge in [0.2, 0.25) is 11.8 Å². The second-order valence-corrected chi connectivity index (χ2v) is 9.02. The fourth-order valence-corrected chi connectivity index (χ4v) is 4.26. The molecule has 1 aliphatic heterocycles. The van der Waals surface area contributed by atoms with Crippen molar-refractivity contribution in [3.8, 4) is 0 Å². The predicted octanol–water partition coefficient (Wildman–Crippen LogP) is 4.11. The molecule has 6 nitrogen and oxygen atoms in total. The first kappa shape index (κ1) is 23.9. The summed E-state index contributed by atoms with van der Waals surface area (Å²) in [7, 11) is 0. The highest BCUT2D eigenvalue weighted by molar-refractivity contribution is 5.92. The second-order valence-electron chi connectivity index (χ2n) is 9.02. The lowest BCUT2D eigenvalue weighted by molar-refractivity contribution is -0.132. The molecule has 1 aliphatic rings. The summed E-state index contributed by atoms with van der Waals surface area (Å²) in [5.74, 6) is 0.525. The largest absolute Gasteiger partial charge is 0.338 e. The Balaban J connectivity index is 1.85. The van der Waals surface area contributed by atoms with E-state index in [0.717, 1.165) is 49.4 Å². The lowest BCUT2D eigenvalue weighted by Gasteiger charge is -2.31. The molecule has 0 bridgehead atoms. The average Bonchev–Trinajstić information content (AvgIpc) is 2.75. The highest BCUT2D eigenvalue weighted by atomic mass is 16.2. The lowest BCUT2D eigenvalue weighted by atomic mass is 10.1. The van der Waals surface area contributed by atoms with Gasteiger partial charge in [-0.15, -0.1) is 0 Å². The van der Waals surface area contributed by atoms with Crippen molar-refractivity contribution < 1.29 is 9.59 Å². The zero-order valence-corrected chi connectivity index (χ0v) is 19.7. The van der Waals surface area contributed by atoms with Crippen LogP contribution in [0.2, 0.25) is 0 Å². The number of fused-ring (bicyclic) bond motifs is 1. The van der Waals surface area contributed by atoms with Crippen molar-refractivity contribution in [1.82, 2.24) is 14.8 Å². The van der Waals surface area contributed by atoms with Gasteiger partial charge in [-0.2, -0.15) is 0 Å². The van der Waals surface area contributed by atoms with Gasteiger partial charge in [0.25, 0.3) is 0 Å². The quantitative estimate of drug-likeness (QED) is 0.724. The number of pyridine rings is 1. The van der Waals surface area contributed by atoms with Crippen molar-refractivity contribution in [2.45, 2.75) is 53.1 Å². The van der Waals surface area contributed by atoms with Gasteiger partial charge in [-0.3, -0.25) is 19.5 Å². The molecule has 172 valence electrons. The Labute approximate surface area is 192 Å². The van der Waals surface area contributed by atoms with Gasteiger partial charge >= 0.3 is 0 Å². The summed E-state index contributed by atoms with van der Waals surface area (Å²) in [6.07, 6.45) is 4.16. The van der Waals surface area contributed by atoms with Crippen LogP contribution in [0.5, 0.6) is 0 Å². The molecule has 1 aromatic carbocycles. The summed E-state index contributed by atoms with van der Waals surface area (Å²) in [4.78, 5) is 36.3. The molecule has 0 radical (unpaired) electrons. The minimum Gasteiger partial charge on any atom is -0.338 e. The predicted molar refractivity (Wildman–Crippen MR) is 128 cm³/mol. The molecule has 0 N–H and O–H groups in total. The van der Waals surface area contributed by atoms with Crippen LogP contribution in [0.1, 0.15) is 51.3 Å². The van der Waals surface area contributed by atoms with Crippen LogP contribution >= 0.6 is 0 Å².